The number of rotatable bonds is 3. The number of aryl methyl sites for hydroxylation is 2. The normalized spacial score (nSPS) is 11.4. The molecule has 0 fully saturated rings. The predicted octanol–water partition coefficient (Wildman–Crippen LogP) is 4.60. The molecule has 2 heterocycles. The first-order chi connectivity index (χ1) is 10.8. The summed E-state index contributed by atoms with van der Waals surface area (Å²) in [7, 11) is 0. The van der Waals surface area contributed by atoms with Crippen molar-refractivity contribution in [1.29, 1.82) is 0 Å². The average Bonchev–Trinajstić information content (AvgIpc) is 3.02. The quantitative estimate of drug-likeness (QED) is 0.752. The minimum Gasteiger partial charge on any atom is -0.296 e. The van der Waals surface area contributed by atoms with E-state index in [-0.39, 0.29) is 11.9 Å². The van der Waals surface area contributed by atoms with Gasteiger partial charge in [-0.3, -0.25) is 14.8 Å². The zero-order chi connectivity index (χ0) is 16.7. The number of aromatic nitrogens is 3. The van der Waals surface area contributed by atoms with Crippen LogP contribution in [0.1, 0.15) is 41.6 Å². The summed E-state index contributed by atoms with van der Waals surface area (Å²) in [5.41, 5.74) is 3.21. The number of benzene rings is 1. The van der Waals surface area contributed by atoms with E-state index < -0.39 is 0 Å². The number of amides is 1. The number of hydrogen-bond donors (Lipinski definition) is 1. The molecular formula is C16H17ClN4OS. The Labute approximate surface area is 143 Å². The zero-order valence-corrected chi connectivity index (χ0v) is 14.9. The van der Waals surface area contributed by atoms with Crippen LogP contribution in [-0.4, -0.2) is 20.7 Å². The van der Waals surface area contributed by atoms with Gasteiger partial charge in [0.1, 0.15) is 5.69 Å². The summed E-state index contributed by atoms with van der Waals surface area (Å²) in [4.78, 5) is 17.0. The highest BCUT2D eigenvalue weighted by molar-refractivity contribution is 7.22. The highest BCUT2D eigenvalue weighted by Gasteiger charge is 2.18. The van der Waals surface area contributed by atoms with Crippen LogP contribution < -0.4 is 5.32 Å². The first-order valence-corrected chi connectivity index (χ1v) is 8.49. The highest BCUT2D eigenvalue weighted by atomic mass is 35.5. The second-order valence-corrected chi connectivity index (χ2v) is 7.22. The summed E-state index contributed by atoms with van der Waals surface area (Å²) in [6, 6.07) is 5.62. The van der Waals surface area contributed by atoms with E-state index in [9.17, 15) is 4.79 Å². The standard InChI is InChI=1S/C16H17ClN4OS/c1-8(2)21-12(6-10(4)20-21)15(22)19-16-18-14-9(3)5-11(17)7-13(14)23-16/h5-8H,1-4H3,(H,18,19,22). The van der Waals surface area contributed by atoms with Crippen LogP contribution in [0.2, 0.25) is 5.02 Å². The van der Waals surface area contributed by atoms with Crippen LogP contribution in [0.3, 0.4) is 0 Å². The Hall–Kier alpha value is -1.92. The van der Waals surface area contributed by atoms with Gasteiger partial charge >= 0.3 is 0 Å². The van der Waals surface area contributed by atoms with Crippen molar-refractivity contribution in [3.63, 3.8) is 0 Å². The van der Waals surface area contributed by atoms with Crippen molar-refractivity contribution in [1.82, 2.24) is 14.8 Å². The molecule has 0 atom stereocenters. The van der Waals surface area contributed by atoms with E-state index >= 15 is 0 Å². The number of nitrogens with zero attached hydrogens (tertiary/aromatic N) is 3. The summed E-state index contributed by atoms with van der Waals surface area (Å²) in [5.74, 6) is -0.206. The minimum absolute atomic E-state index is 0.112. The Morgan fingerprint density at radius 1 is 1.30 bits per heavy atom. The number of hydrogen-bond acceptors (Lipinski definition) is 4. The molecule has 120 valence electrons. The van der Waals surface area contributed by atoms with Gasteiger partial charge in [-0.15, -0.1) is 0 Å². The van der Waals surface area contributed by atoms with Crippen LogP contribution in [0.15, 0.2) is 18.2 Å². The third kappa shape index (κ3) is 3.09. The Balaban J connectivity index is 1.93. The molecule has 3 aromatic rings. The van der Waals surface area contributed by atoms with Crippen LogP contribution in [0.25, 0.3) is 10.2 Å². The zero-order valence-electron chi connectivity index (χ0n) is 13.3. The lowest BCUT2D eigenvalue weighted by molar-refractivity contribution is 0.101. The molecule has 2 aromatic heterocycles. The fourth-order valence-corrected chi connectivity index (χ4v) is 3.76. The Bertz CT molecular complexity index is 897. The Kier molecular flexibility index (Phi) is 4.12. The molecule has 0 bridgehead atoms. The molecule has 1 aromatic carbocycles. The van der Waals surface area contributed by atoms with Gasteiger partial charge < -0.3 is 0 Å². The van der Waals surface area contributed by atoms with Crippen molar-refractivity contribution in [2.45, 2.75) is 33.7 Å². The maximum atomic E-state index is 12.6. The summed E-state index contributed by atoms with van der Waals surface area (Å²) in [6.45, 7) is 7.81. The van der Waals surface area contributed by atoms with E-state index in [1.807, 2.05) is 39.8 Å². The van der Waals surface area contributed by atoms with Crippen molar-refractivity contribution >= 4 is 44.2 Å². The first-order valence-electron chi connectivity index (χ1n) is 7.29. The number of fused-ring (bicyclic) bond motifs is 1. The van der Waals surface area contributed by atoms with E-state index in [1.165, 1.54) is 11.3 Å². The molecule has 3 rings (SSSR count). The lowest BCUT2D eigenvalue weighted by Gasteiger charge is -2.09. The van der Waals surface area contributed by atoms with Crippen LogP contribution in [0, 0.1) is 13.8 Å². The van der Waals surface area contributed by atoms with Crippen LogP contribution in [-0.2, 0) is 0 Å². The summed E-state index contributed by atoms with van der Waals surface area (Å²) >= 11 is 7.49. The second kappa shape index (κ2) is 5.94. The molecule has 0 aliphatic rings. The van der Waals surface area contributed by atoms with Gasteiger partial charge in [-0.25, -0.2) is 4.98 Å². The fraction of sp³-hybridized carbons (Fsp3) is 0.312. The minimum atomic E-state index is -0.206. The smallest absolute Gasteiger partial charge is 0.275 e. The molecule has 0 aliphatic heterocycles. The first kappa shape index (κ1) is 16.0. The molecule has 23 heavy (non-hydrogen) atoms. The van der Waals surface area contributed by atoms with E-state index in [0.717, 1.165) is 21.5 Å². The molecular weight excluding hydrogens is 332 g/mol. The highest BCUT2D eigenvalue weighted by Crippen LogP contribution is 2.31. The van der Waals surface area contributed by atoms with E-state index in [4.69, 9.17) is 11.6 Å². The van der Waals surface area contributed by atoms with Gasteiger partial charge in [0.25, 0.3) is 5.91 Å². The second-order valence-electron chi connectivity index (χ2n) is 5.75. The van der Waals surface area contributed by atoms with Crippen LogP contribution >= 0.6 is 22.9 Å². The van der Waals surface area contributed by atoms with Crippen molar-refractivity contribution in [2.75, 3.05) is 5.32 Å². The summed E-state index contributed by atoms with van der Waals surface area (Å²) < 4.78 is 2.68. The van der Waals surface area contributed by atoms with Gasteiger partial charge in [-0.05, 0) is 51.5 Å². The molecule has 5 nitrogen and oxygen atoms in total. The molecule has 0 aliphatic carbocycles. The molecule has 7 heteroatoms. The number of halogens is 1. The Morgan fingerprint density at radius 2 is 2.04 bits per heavy atom. The third-order valence-electron chi connectivity index (χ3n) is 3.45. The van der Waals surface area contributed by atoms with E-state index in [0.29, 0.717) is 15.8 Å². The number of thiazole rings is 1. The van der Waals surface area contributed by atoms with Crippen molar-refractivity contribution in [3.05, 3.63) is 40.2 Å². The van der Waals surface area contributed by atoms with Gasteiger partial charge in [0, 0.05) is 11.1 Å². The lowest BCUT2D eigenvalue weighted by atomic mass is 10.2. The molecule has 0 unspecified atom stereocenters. The topological polar surface area (TPSA) is 59.8 Å². The Morgan fingerprint density at radius 3 is 2.74 bits per heavy atom. The fourth-order valence-electron chi connectivity index (χ4n) is 2.45. The summed E-state index contributed by atoms with van der Waals surface area (Å²) in [5, 5.41) is 8.46. The molecule has 0 radical (unpaired) electrons. The maximum absolute atomic E-state index is 12.6. The molecule has 0 saturated carbocycles. The van der Waals surface area contributed by atoms with Crippen LogP contribution in [0.4, 0.5) is 5.13 Å². The van der Waals surface area contributed by atoms with Gasteiger partial charge in [0.15, 0.2) is 5.13 Å². The van der Waals surface area contributed by atoms with Gasteiger partial charge in [-0.1, -0.05) is 22.9 Å². The number of nitrogens with one attached hydrogen (secondary N) is 1. The third-order valence-corrected chi connectivity index (χ3v) is 4.59. The number of carbonyl (C=O) groups is 1. The molecule has 0 saturated heterocycles. The molecule has 0 spiro atoms. The molecule has 1 N–H and O–H groups in total. The van der Waals surface area contributed by atoms with Crippen molar-refractivity contribution in [2.24, 2.45) is 0 Å². The van der Waals surface area contributed by atoms with E-state index in [1.54, 1.807) is 10.7 Å². The van der Waals surface area contributed by atoms with E-state index in [2.05, 4.69) is 15.4 Å². The van der Waals surface area contributed by atoms with Gasteiger partial charge in [0.05, 0.1) is 15.9 Å². The van der Waals surface area contributed by atoms with Crippen molar-refractivity contribution in [3.8, 4) is 0 Å². The summed E-state index contributed by atoms with van der Waals surface area (Å²) in [6.07, 6.45) is 0. The van der Waals surface area contributed by atoms with Gasteiger partial charge in [-0.2, -0.15) is 5.10 Å². The number of carbonyl (C=O) groups excluding carboxylic acids is 1. The predicted molar refractivity (Wildman–Crippen MR) is 94.7 cm³/mol. The van der Waals surface area contributed by atoms with Crippen molar-refractivity contribution < 1.29 is 4.79 Å². The average molecular weight is 349 g/mol. The lowest BCUT2D eigenvalue weighted by Crippen LogP contribution is -2.18. The molecule has 1 amide bonds. The number of anilines is 1. The maximum Gasteiger partial charge on any atom is 0.275 e. The monoisotopic (exact) mass is 348 g/mol. The largest absolute Gasteiger partial charge is 0.296 e. The van der Waals surface area contributed by atoms with Crippen LogP contribution in [0.5, 0.6) is 0 Å². The SMILES string of the molecule is Cc1cc(C(=O)Nc2nc3c(C)cc(Cl)cc3s2)n(C(C)C)n1. The van der Waals surface area contributed by atoms with Gasteiger partial charge in [0.2, 0.25) is 0 Å².